The predicted octanol–water partition coefficient (Wildman–Crippen LogP) is 1.09. The van der Waals surface area contributed by atoms with E-state index in [0.717, 1.165) is 31.6 Å². The van der Waals surface area contributed by atoms with E-state index in [2.05, 4.69) is 6.92 Å². The van der Waals surface area contributed by atoms with Crippen LogP contribution in [0.4, 0.5) is 0 Å². The Morgan fingerprint density at radius 2 is 1.79 bits per heavy atom. The molecule has 0 aromatic rings. The third-order valence-corrected chi connectivity index (χ3v) is 4.41. The van der Waals surface area contributed by atoms with Crippen LogP contribution < -0.4 is 5.14 Å². The minimum Gasteiger partial charge on any atom is -0.216 e. The molecule has 1 rings (SSSR count). The lowest BCUT2D eigenvalue weighted by Crippen LogP contribution is -2.42. The molecule has 0 heterocycles. The molecule has 1 aliphatic rings. The van der Waals surface area contributed by atoms with Crippen LogP contribution in [-0.4, -0.2) is 25.8 Å². The summed E-state index contributed by atoms with van der Waals surface area (Å²) >= 11 is 0. The summed E-state index contributed by atoms with van der Waals surface area (Å²) < 4.78 is 23.5. The van der Waals surface area contributed by atoms with Gasteiger partial charge < -0.3 is 0 Å². The molecule has 84 valence electrons. The summed E-state index contributed by atoms with van der Waals surface area (Å²) in [5.41, 5.74) is 0. The van der Waals surface area contributed by atoms with Crippen LogP contribution in [0.1, 0.15) is 39.0 Å². The molecule has 0 aromatic heterocycles. The van der Waals surface area contributed by atoms with E-state index in [0.29, 0.717) is 0 Å². The lowest BCUT2D eigenvalue weighted by molar-refractivity contribution is 0.233. The van der Waals surface area contributed by atoms with E-state index < -0.39 is 10.2 Å². The largest absolute Gasteiger partial charge is 0.276 e. The maximum absolute atomic E-state index is 11.1. The van der Waals surface area contributed by atoms with Gasteiger partial charge in [0.05, 0.1) is 0 Å². The van der Waals surface area contributed by atoms with Crippen molar-refractivity contribution in [3.05, 3.63) is 0 Å². The maximum atomic E-state index is 11.1. The number of rotatable bonds is 3. The molecule has 0 spiro atoms. The Kier molecular flexibility index (Phi) is 3.92. The van der Waals surface area contributed by atoms with E-state index in [1.54, 1.807) is 7.05 Å². The van der Waals surface area contributed by atoms with E-state index in [-0.39, 0.29) is 6.04 Å². The first kappa shape index (κ1) is 11.9. The van der Waals surface area contributed by atoms with Crippen LogP contribution in [0.3, 0.4) is 0 Å². The van der Waals surface area contributed by atoms with E-state index in [9.17, 15) is 8.42 Å². The molecule has 0 amide bonds. The van der Waals surface area contributed by atoms with Crippen molar-refractivity contribution in [3.8, 4) is 0 Å². The highest BCUT2D eigenvalue weighted by Gasteiger charge is 2.27. The molecule has 4 nitrogen and oxygen atoms in total. The van der Waals surface area contributed by atoms with Crippen molar-refractivity contribution in [2.24, 2.45) is 11.1 Å². The third kappa shape index (κ3) is 2.93. The number of nitrogens with two attached hydrogens (primary N) is 1. The van der Waals surface area contributed by atoms with Gasteiger partial charge in [0.25, 0.3) is 10.2 Å². The highest BCUT2D eigenvalue weighted by atomic mass is 32.2. The van der Waals surface area contributed by atoms with E-state index >= 15 is 0 Å². The first-order chi connectivity index (χ1) is 6.45. The summed E-state index contributed by atoms with van der Waals surface area (Å²) in [6.07, 6.45) is 5.35. The topological polar surface area (TPSA) is 63.4 Å². The predicted molar refractivity (Wildman–Crippen MR) is 56.9 cm³/mol. The Morgan fingerprint density at radius 1 is 1.29 bits per heavy atom. The fourth-order valence-electron chi connectivity index (χ4n) is 2.12. The Bertz CT molecular complexity index is 269. The quantitative estimate of drug-likeness (QED) is 0.774. The summed E-state index contributed by atoms with van der Waals surface area (Å²) in [7, 11) is -1.92. The zero-order valence-corrected chi connectivity index (χ0v) is 9.76. The molecule has 0 aliphatic heterocycles. The number of nitrogens with zero attached hydrogens (tertiary/aromatic N) is 1. The molecular weight excluding hydrogens is 200 g/mol. The Morgan fingerprint density at radius 3 is 2.14 bits per heavy atom. The van der Waals surface area contributed by atoms with Crippen LogP contribution in [0.5, 0.6) is 0 Å². The summed E-state index contributed by atoms with van der Waals surface area (Å²) in [6, 6.07) is 0.118. The van der Waals surface area contributed by atoms with Gasteiger partial charge in [0, 0.05) is 13.1 Å². The lowest BCUT2D eigenvalue weighted by Gasteiger charge is -2.32. The molecule has 0 bridgehead atoms. The van der Waals surface area contributed by atoms with Crippen molar-refractivity contribution in [1.29, 1.82) is 0 Å². The average Bonchev–Trinajstić information content (AvgIpc) is 2.15. The van der Waals surface area contributed by atoms with Gasteiger partial charge in [-0.25, -0.2) is 5.14 Å². The van der Waals surface area contributed by atoms with Crippen molar-refractivity contribution < 1.29 is 8.42 Å². The maximum Gasteiger partial charge on any atom is 0.276 e. The number of hydrogen-bond acceptors (Lipinski definition) is 2. The van der Waals surface area contributed by atoms with Crippen LogP contribution >= 0.6 is 0 Å². The summed E-state index contributed by atoms with van der Waals surface area (Å²) in [5, 5.41) is 5.08. The smallest absolute Gasteiger partial charge is 0.216 e. The van der Waals surface area contributed by atoms with Crippen LogP contribution in [0, 0.1) is 5.92 Å². The minimum absolute atomic E-state index is 0.118. The van der Waals surface area contributed by atoms with Gasteiger partial charge in [-0.3, -0.25) is 0 Å². The summed E-state index contributed by atoms with van der Waals surface area (Å²) in [4.78, 5) is 0. The fourth-order valence-corrected chi connectivity index (χ4v) is 2.75. The fraction of sp³-hybridized carbons (Fsp3) is 1.00. The van der Waals surface area contributed by atoms with E-state index in [4.69, 9.17) is 5.14 Å². The molecule has 5 heteroatoms. The van der Waals surface area contributed by atoms with E-state index in [1.165, 1.54) is 10.7 Å². The van der Waals surface area contributed by atoms with Crippen molar-refractivity contribution in [2.75, 3.05) is 7.05 Å². The second-order valence-electron chi connectivity index (χ2n) is 4.14. The van der Waals surface area contributed by atoms with Crippen molar-refractivity contribution in [2.45, 2.75) is 45.1 Å². The van der Waals surface area contributed by atoms with Crippen molar-refractivity contribution in [1.82, 2.24) is 4.31 Å². The average molecular weight is 220 g/mol. The minimum atomic E-state index is -3.49. The second-order valence-corrected chi connectivity index (χ2v) is 5.75. The molecular formula is C9H20N2O2S. The first-order valence-electron chi connectivity index (χ1n) is 5.21. The Labute approximate surface area is 86.6 Å². The zero-order chi connectivity index (χ0) is 10.8. The molecule has 0 unspecified atom stereocenters. The van der Waals surface area contributed by atoms with Crippen LogP contribution in [0.2, 0.25) is 0 Å². The van der Waals surface area contributed by atoms with Gasteiger partial charge in [0.1, 0.15) is 0 Å². The van der Waals surface area contributed by atoms with Crippen molar-refractivity contribution >= 4 is 10.2 Å². The van der Waals surface area contributed by atoms with Gasteiger partial charge in [0.2, 0.25) is 0 Å². The van der Waals surface area contributed by atoms with Gasteiger partial charge in [-0.05, 0) is 31.6 Å². The number of hydrogen-bond donors (Lipinski definition) is 1. The molecule has 14 heavy (non-hydrogen) atoms. The molecule has 0 saturated heterocycles. The second kappa shape index (κ2) is 4.59. The van der Waals surface area contributed by atoms with E-state index in [1.807, 2.05) is 0 Å². The first-order valence-corrected chi connectivity index (χ1v) is 6.71. The molecule has 1 fully saturated rings. The summed E-state index contributed by atoms with van der Waals surface area (Å²) in [6.45, 7) is 2.19. The standard InChI is InChI=1S/C9H20N2O2S/c1-3-8-4-6-9(7-5-8)11(2)14(10,12)13/h8-9H,3-7H2,1-2H3,(H2,10,12,13). The molecule has 1 aliphatic carbocycles. The van der Waals surface area contributed by atoms with Gasteiger partial charge in [0.15, 0.2) is 0 Å². The molecule has 2 N–H and O–H groups in total. The highest BCUT2D eigenvalue weighted by molar-refractivity contribution is 7.86. The molecule has 1 saturated carbocycles. The molecule has 0 atom stereocenters. The van der Waals surface area contributed by atoms with Crippen LogP contribution in [0.25, 0.3) is 0 Å². The monoisotopic (exact) mass is 220 g/mol. The van der Waals surface area contributed by atoms with Crippen LogP contribution in [0.15, 0.2) is 0 Å². The zero-order valence-electron chi connectivity index (χ0n) is 8.94. The van der Waals surface area contributed by atoms with Gasteiger partial charge in [-0.1, -0.05) is 13.3 Å². The summed E-state index contributed by atoms with van der Waals surface area (Å²) in [5.74, 6) is 0.778. The van der Waals surface area contributed by atoms with Gasteiger partial charge >= 0.3 is 0 Å². The SMILES string of the molecule is CCC1CCC(N(C)S(N)(=O)=O)CC1. The highest BCUT2D eigenvalue weighted by Crippen LogP contribution is 2.29. The Balaban J connectivity index is 2.50. The third-order valence-electron chi connectivity index (χ3n) is 3.31. The lowest BCUT2D eigenvalue weighted by atomic mass is 9.85. The van der Waals surface area contributed by atoms with Gasteiger partial charge in [-0.15, -0.1) is 0 Å². The van der Waals surface area contributed by atoms with Crippen molar-refractivity contribution in [3.63, 3.8) is 0 Å². The normalized spacial score (nSPS) is 29.4. The van der Waals surface area contributed by atoms with Crippen LogP contribution in [-0.2, 0) is 10.2 Å². The molecule has 0 radical (unpaired) electrons. The Hall–Kier alpha value is -0.130. The van der Waals surface area contributed by atoms with Gasteiger partial charge in [-0.2, -0.15) is 12.7 Å². The molecule has 0 aromatic carbocycles.